The number of hydrogen-bond donors (Lipinski definition) is 0. The first kappa shape index (κ1) is 22.2. The third-order valence-corrected chi connectivity index (χ3v) is 8.09. The third-order valence-electron chi connectivity index (χ3n) is 5.50. The summed E-state index contributed by atoms with van der Waals surface area (Å²) in [7, 11) is 0.380. The largest absolute Gasteiger partial charge is 0.0987 e. The maximum atomic E-state index is 2.48. The summed E-state index contributed by atoms with van der Waals surface area (Å²) >= 11 is 0. The topological polar surface area (TPSA) is 0 Å². The summed E-state index contributed by atoms with van der Waals surface area (Å²) < 4.78 is 0. The Kier molecular flexibility index (Phi) is 15.4. The lowest BCUT2D eigenvalue weighted by Crippen LogP contribution is -1.89. The van der Waals surface area contributed by atoms with Gasteiger partial charge >= 0.3 is 0 Å². The molecule has 0 aromatic carbocycles. The van der Waals surface area contributed by atoms with Gasteiger partial charge in [0.05, 0.1) is 0 Å². The average molecular weight is 353 g/mol. The molecule has 0 aliphatic carbocycles. The Hall–Kier alpha value is 0.170. The van der Waals surface area contributed by atoms with E-state index in [0.717, 1.165) is 0 Å². The van der Waals surface area contributed by atoms with Crippen molar-refractivity contribution in [2.24, 2.45) is 0 Å². The molecule has 0 bridgehead atoms. The van der Waals surface area contributed by atoms with Crippen LogP contribution in [0.4, 0.5) is 0 Å². The van der Waals surface area contributed by atoms with Gasteiger partial charge in [-0.15, -0.1) is 0 Å². The number of allylic oxidation sites excluding steroid dienone is 2. The van der Waals surface area contributed by atoms with Crippen molar-refractivity contribution < 1.29 is 0 Å². The number of hydrogen-bond acceptors (Lipinski definition) is 0. The van der Waals surface area contributed by atoms with Gasteiger partial charge < -0.3 is 0 Å². The molecule has 1 atom stereocenters. The molecule has 142 valence electrons. The van der Waals surface area contributed by atoms with Gasteiger partial charge in [-0.3, -0.25) is 0 Å². The Morgan fingerprint density at radius 2 is 1.08 bits per heavy atom. The molecule has 0 aromatic heterocycles. The van der Waals surface area contributed by atoms with Crippen LogP contribution in [0.25, 0.3) is 0 Å². The summed E-state index contributed by atoms with van der Waals surface area (Å²) in [6, 6.07) is 0. The van der Waals surface area contributed by atoms with Gasteiger partial charge in [-0.2, -0.15) is 0 Å². The fourth-order valence-electron chi connectivity index (χ4n) is 3.82. The van der Waals surface area contributed by atoms with Gasteiger partial charge in [0, 0.05) is 0 Å². The maximum Gasteiger partial charge on any atom is -0.0114 e. The first-order valence-corrected chi connectivity index (χ1v) is 13.1. The molecule has 0 aromatic rings. The molecule has 0 spiro atoms. The van der Waals surface area contributed by atoms with Crippen LogP contribution in [0.15, 0.2) is 11.6 Å². The van der Waals surface area contributed by atoms with E-state index in [9.17, 15) is 0 Å². The van der Waals surface area contributed by atoms with Crippen molar-refractivity contribution in [2.75, 3.05) is 18.5 Å². The molecule has 24 heavy (non-hydrogen) atoms. The van der Waals surface area contributed by atoms with Gasteiger partial charge in [-0.05, 0) is 31.8 Å². The van der Waals surface area contributed by atoms with Crippen molar-refractivity contribution in [3.05, 3.63) is 11.6 Å². The second-order valence-corrected chi connectivity index (χ2v) is 10.6. The summed E-state index contributed by atoms with van der Waals surface area (Å²) in [5, 5.41) is 0. The molecular weight excluding hydrogens is 307 g/mol. The highest BCUT2D eigenvalue weighted by Crippen LogP contribution is 2.43. The van der Waals surface area contributed by atoms with E-state index in [1.807, 2.05) is 0 Å². The maximum absolute atomic E-state index is 2.48. The average Bonchev–Trinajstić information content (AvgIpc) is 3.00. The van der Waals surface area contributed by atoms with Crippen LogP contribution in [0.2, 0.25) is 0 Å². The molecule has 0 radical (unpaired) electrons. The molecule has 0 fully saturated rings. The summed E-state index contributed by atoms with van der Waals surface area (Å²) in [5.41, 5.74) is 1.66. The predicted molar refractivity (Wildman–Crippen MR) is 115 cm³/mol. The second kappa shape index (κ2) is 16.6. The molecule has 1 heterocycles. The molecule has 1 rings (SSSR count). The van der Waals surface area contributed by atoms with E-state index in [1.165, 1.54) is 115 Å². The van der Waals surface area contributed by atoms with E-state index in [1.54, 1.807) is 11.7 Å². The summed E-state index contributed by atoms with van der Waals surface area (Å²) in [5.74, 6) is 0. The molecule has 1 aliphatic heterocycles. The van der Waals surface area contributed by atoms with Crippen LogP contribution in [0.3, 0.4) is 0 Å². The van der Waals surface area contributed by atoms with Crippen molar-refractivity contribution in [3.8, 4) is 0 Å². The normalized spacial score (nSPS) is 17.4. The molecular formula is C23H45P. The van der Waals surface area contributed by atoms with Crippen molar-refractivity contribution in [1.29, 1.82) is 0 Å². The molecule has 0 saturated carbocycles. The highest BCUT2D eigenvalue weighted by atomic mass is 31.1. The van der Waals surface area contributed by atoms with Crippen molar-refractivity contribution in [2.45, 2.75) is 117 Å². The van der Waals surface area contributed by atoms with E-state index in [2.05, 4.69) is 19.9 Å². The minimum absolute atomic E-state index is 0.380. The lowest BCUT2D eigenvalue weighted by Gasteiger charge is -2.10. The molecule has 0 nitrogen and oxygen atoms in total. The first-order chi connectivity index (χ1) is 11.8. The molecule has 1 unspecified atom stereocenters. The SMILES string of the molecule is CCCCCCCCCCCCCCCCCCP1CC=C(C)C1. The van der Waals surface area contributed by atoms with E-state index in [4.69, 9.17) is 0 Å². The number of unbranched alkanes of at least 4 members (excludes halogenated alkanes) is 15. The Balaban J connectivity index is 1.66. The van der Waals surface area contributed by atoms with Crippen LogP contribution in [0.1, 0.15) is 117 Å². The Labute approximate surface area is 155 Å². The van der Waals surface area contributed by atoms with E-state index in [0.29, 0.717) is 7.92 Å². The molecule has 0 N–H and O–H groups in total. The smallest absolute Gasteiger partial charge is 0.0114 e. The fraction of sp³-hybridized carbons (Fsp3) is 0.913. The molecule has 1 heteroatoms. The highest BCUT2D eigenvalue weighted by Gasteiger charge is 2.12. The van der Waals surface area contributed by atoms with E-state index < -0.39 is 0 Å². The Morgan fingerprint density at radius 1 is 0.667 bits per heavy atom. The van der Waals surface area contributed by atoms with Crippen LogP contribution in [-0.4, -0.2) is 18.5 Å². The highest BCUT2D eigenvalue weighted by molar-refractivity contribution is 7.58. The Morgan fingerprint density at radius 3 is 1.46 bits per heavy atom. The van der Waals surface area contributed by atoms with Crippen molar-refractivity contribution in [1.82, 2.24) is 0 Å². The second-order valence-electron chi connectivity index (χ2n) is 8.09. The van der Waals surface area contributed by atoms with E-state index >= 15 is 0 Å². The minimum atomic E-state index is 0.380. The molecule has 1 aliphatic rings. The quantitative estimate of drug-likeness (QED) is 0.139. The van der Waals surface area contributed by atoms with Crippen molar-refractivity contribution >= 4 is 7.92 Å². The monoisotopic (exact) mass is 352 g/mol. The first-order valence-electron chi connectivity index (χ1n) is 11.2. The van der Waals surface area contributed by atoms with Crippen LogP contribution < -0.4 is 0 Å². The summed E-state index contributed by atoms with van der Waals surface area (Å²) in [6.07, 6.45) is 30.6. The number of rotatable bonds is 17. The van der Waals surface area contributed by atoms with Gasteiger partial charge in [0.15, 0.2) is 0 Å². The van der Waals surface area contributed by atoms with Gasteiger partial charge in [-0.25, -0.2) is 0 Å². The summed E-state index contributed by atoms with van der Waals surface area (Å²) in [4.78, 5) is 0. The molecule has 0 saturated heterocycles. The van der Waals surface area contributed by atoms with Gasteiger partial charge in [0.1, 0.15) is 0 Å². The fourth-order valence-corrected chi connectivity index (χ4v) is 6.37. The van der Waals surface area contributed by atoms with Gasteiger partial charge in [-0.1, -0.05) is 123 Å². The lowest BCUT2D eigenvalue weighted by atomic mass is 10.0. The summed E-state index contributed by atoms with van der Waals surface area (Å²) in [6.45, 7) is 4.62. The van der Waals surface area contributed by atoms with E-state index in [-0.39, 0.29) is 0 Å². The van der Waals surface area contributed by atoms with Crippen LogP contribution >= 0.6 is 7.92 Å². The van der Waals surface area contributed by atoms with Gasteiger partial charge in [0.2, 0.25) is 0 Å². The minimum Gasteiger partial charge on any atom is -0.0987 e. The predicted octanol–water partition coefficient (Wildman–Crippen LogP) is 8.69. The van der Waals surface area contributed by atoms with Crippen LogP contribution in [-0.2, 0) is 0 Å². The zero-order valence-corrected chi connectivity index (χ0v) is 17.9. The zero-order chi connectivity index (χ0) is 17.3. The molecule has 0 amide bonds. The third kappa shape index (κ3) is 13.5. The van der Waals surface area contributed by atoms with Crippen LogP contribution in [0, 0.1) is 0 Å². The van der Waals surface area contributed by atoms with Gasteiger partial charge in [0.25, 0.3) is 0 Å². The lowest BCUT2D eigenvalue weighted by molar-refractivity contribution is 0.531. The zero-order valence-electron chi connectivity index (χ0n) is 17.0. The van der Waals surface area contributed by atoms with Crippen molar-refractivity contribution in [3.63, 3.8) is 0 Å². The van der Waals surface area contributed by atoms with Crippen LogP contribution in [0.5, 0.6) is 0 Å². The standard InChI is InChI=1S/C23H45P/c1-3-4-5-6-7-8-9-10-11-12-13-14-15-16-17-18-20-24-21-19-23(2)22-24/h19H,3-18,20-22H2,1-2H3. The Bertz CT molecular complexity index is 294.